The van der Waals surface area contributed by atoms with Crippen LogP contribution in [0.15, 0.2) is 38.8 Å². The van der Waals surface area contributed by atoms with Crippen LogP contribution in [-0.2, 0) is 35.0 Å². The summed E-state index contributed by atoms with van der Waals surface area (Å²) in [5.41, 5.74) is -0.355. The number of unbranched alkanes of at least 4 members (excludes halogenated alkanes) is 1. The molecule has 3 heterocycles. The Morgan fingerprint density at radius 3 is 2.52 bits per heavy atom. The van der Waals surface area contributed by atoms with Gasteiger partial charge in [-0.25, -0.2) is 18.2 Å². The first-order chi connectivity index (χ1) is 15.8. The number of nitrogens with one attached hydrogen (secondary N) is 1. The van der Waals surface area contributed by atoms with Gasteiger partial charge < -0.3 is 14.0 Å². The predicted molar refractivity (Wildman–Crippen MR) is 121 cm³/mol. The number of rotatable bonds is 8. The number of benzene rings is 1. The summed E-state index contributed by atoms with van der Waals surface area (Å²) in [7, 11) is -1.89. The van der Waals surface area contributed by atoms with E-state index in [1.165, 1.54) is 21.0 Å². The van der Waals surface area contributed by atoms with E-state index < -0.39 is 21.3 Å². The van der Waals surface area contributed by atoms with Crippen molar-refractivity contribution in [3.63, 3.8) is 0 Å². The summed E-state index contributed by atoms with van der Waals surface area (Å²) in [6.45, 7) is 3.94. The average molecular weight is 478 g/mol. The van der Waals surface area contributed by atoms with Gasteiger partial charge in [-0.2, -0.15) is 4.31 Å². The zero-order valence-electron chi connectivity index (χ0n) is 18.6. The molecule has 0 spiro atoms. The Bertz CT molecular complexity index is 1350. The lowest BCUT2D eigenvalue weighted by atomic mass is 10.3. The largest absolute Gasteiger partial charge is 0.486 e. The topological polar surface area (TPSA) is 129 Å². The highest BCUT2D eigenvalue weighted by atomic mass is 32.2. The number of aromatic amines is 1. The van der Waals surface area contributed by atoms with Gasteiger partial charge in [0.15, 0.2) is 11.2 Å². The molecule has 0 atom stereocenters. The summed E-state index contributed by atoms with van der Waals surface area (Å²) in [6.07, 6.45) is 1.68. The van der Waals surface area contributed by atoms with Crippen molar-refractivity contribution in [2.24, 2.45) is 7.05 Å². The number of imidazole rings is 1. The van der Waals surface area contributed by atoms with Crippen LogP contribution in [0.1, 0.15) is 25.6 Å². The fourth-order valence-electron chi connectivity index (χ4n) is 3.74. The molecule has 1 N–H and O–H groups in total. The van der Waals surface area contributed by atoms with E-state index in [4.69, 9.17) is 9.47 Å². The minimum absolute atomic E-state index is 0.0438. The maximum Gasteiger partial charge on any atom is 0.330 e. The van der Waals surface area contributed by atoms with Crippen LogP contribution in [0.25, 0.3) is 11.2 Å². The highest BCUT2D eigenvalue weighted by Gasteiger charge is 2.26. The van der Waals surface area contributed by atoms with E-state index >= 15 is 0 Å². The predicted octanol–water partition coefficient (Wildman–Crippen LogP) is 0.823. The summed E-state index contributed by atoms with van der Waals surface area (Å²) in [6, 6.07) is 6.17. The van der Waals surface area contributed by atoms with Crippen LogP contribution in [0.2, 0.25) is 0 Å². The normalized spacial score (nSPS) is 15.2. The lowest BCUT2D eigenvalue weighted by molar-refractivity contribution is 0.0730. The molecule has 0 radical (unpaired) electrons. The maximum atomic E-state index is 12.7. The van der Waals surface area contributed by atoms with Crippen LogP contribution in [0, 0.1) is 0 Å². The lowest BCUT2D eigenvalue weighted by Gasteiger charge is -2.26. The number of morpholine rings is 1. The molecule has 1 aliphatic heterocycles. The van der Waals surface area contributed by atoms with E-state index in [0.29, 0.717) is 55.6 Å². The van der Waals surface area contributed by atoms with Crippen LogP contribution >= 0.6 is 0 Å². The number of fused-ring (bicyclic) bond motifs is 1. The number of aryl methyl sites for hydroxylation is 2. The number of hydrogen-bond acceptors (Lipinski definition) is 7. The number of aromatic nitrogens is 4. The molecule has 1 saturated heterocycles. The average Bonchev–Trinajstić information content (AvgIpc) is 3.15. The first kappa shape index (κ1) is 23.2. The van der Waals surface area contributed by atoms with E-state index in [9.17, 15) is 18.0 Å². The van der Waals surface area contributed by atoms with E-state index in [0.717, 1.165) is 12.8 Å². The third-order valence-electron chi connectivity index (χ3n) is 5.64. The molecule has 2 aromatic heterocycles. The Kier molecular flexibility index (Phi) is 6.68. The minimum atomic E-state index is -3.58. The first-order valence-electron chi connectivity index (χ1n) is 10.8. The number of ether oxygens (including phenoxy) is 2. The molecule has 3 aromatic rings. The number of hydrogen-bond donors (Lipinski definition) is 1. The van der Waals surface area contributed by atoms with Gasteiger partial charge in [-0.3, -0.25) is 14.3 Å². The summed E-state index contributed by atoms with van der Waals surface area (Å²) < 4.78 is 41.0. The number of nitrogens with zero attached hydrogens (tertiary/aromatic N) is 4. The molecule has 0 bridgehead atoms. The SMILES string of the molecule is CCCCn1c(=O)[nH]c(=O)c2c1nc(COc1ccc(S(=O)(=O)N3CCOCC3)cc1)n2C. The lowest BCUT2D eigenvalue weighted by Crippen LogP contribution is -2.40. The summed E-state index contributed by atoms with van der Waals surface area (Å²) in [5, 5.41) is 0. The van der Waals surface area contributed by atoms with Crippen LogP contribution < -0.4 is 16.0 Å². The molecule has 11 nitrogen and oxygen atoms in total. The van der Waals surface area contributed by atoms with Crippen LogP contribution in [-0.4, -0.2) is 58.1 Å². The Hall–Kier alpha value is -2.96. The fraction of sp³-hybridized carbons (Fsp3) is 0.476. The fourth-order valence-corrected chi connectivity index (χ4v) is 5.14. The molecule has 1 aliphatic rings. The molecule has 0 aliphatic carbocycles. The minimum Gasteiger partial charge on any atom is -0.486 e. The van der Waals surface area contributed by atoms with Gasteiger partial charge in [-0.1, -0.05) is 13.3 Å². The summed E-state index contributed by atoms with van der Waals surface area (Å²) >= 11 is 0. The second kappa shape index (κ2) is 9.49. The Balaban J connectivity index is 1.54. The highest BCUT2D eigenvalue weighted by molar-refractivity contribution is 7.89. The highest BCUT2D eigenvalue weighted by Crippen LogP contribution is 2.21. The zero-order chi connectivity index (χ0) is 23.6. The Morgan fingerprint density at radius 1 is 1.15 bits per heavy atom. The van der Waals surface area contributed by atoms with Crippen molar-refractivity contribution < 1.29 is 17.9 Å². The monoisotopic (exact) mass is 477 g/mol. The van der Waals surface area contributed by atoms with Gasteiger partial charge in [0.05, 0.1) is 18.1 Å². The van der Waals surface area contributed by atoms with E-state index in [-0.39, 0.29) is 11.5 Å². The number of sulfonamides is 1. The Morgan fingerprint density at radius 2 is 1.85 bits per heavy atom. The molecular formula is C21H27N5O6S. The standard InChI is InChI=1S/C21H27N5O6S/c1-3-4-9-26-19-18(20(27)23-21(26)28)24(2)17(22-19)14-32-15-5-7-16(8-6-15)33(29,30)25-10-12-31-13-11-25/h5-8H,3-4,9-14H2,1-2H3,(H,23,27,28). The maximum absolute atomic E-state index is 12.7. The number of H-pyrrole nitrogens is 1. The molecule has 0 saturated carbocycles. The van der Waals surface area contributed by atoms with Crippen molar-refractivity contribution in [2.75, 3.05) is 26.3 Å². The molecule has 178 valence electrons. The van der Waals surface area contributed by atoms with E-state index in [1.807, 2.05) is 6.92 Å². The van der Waals surface area contributed by atoms with Crippen LogP contribution in [0.5, 0.6) is 5.75 Å². The van der Waals surface area contributed by atoms with E-state index in [2.05, 4.69) is 9.97 Å². The molecule has 0 unspecified atom stereocenters. The molecule has 1 aromatic carbocycles. The Labute approximate surface area is 190 Å². The second-order valence-electron chi connectivity index (χ2n) is 7.80. The quantitative estimate of drug-likeness (QED) is 0.509. The molecule has 33 heavy (non-hydrogen) atoms. The summed E-state index contributed by atoms with van der Waals surface area (Å²) in [4.78, 5) is 31.6. The third kappa shape index (κ3) is 4.59. The van der Waals surface area contributed by atoms with Gasteiger partial charge >= 0.3 is 5.69 Å². The molecule has 1 fully saturated rings. The van der Waals surface area contributed by atoms with Crippen LogP contribution in [0.4, 0.5) is 0 Å². The van der Waals surface area contributed by atoms with Crippen molar-refractivity contribution >= 4 is 21.2 Å². The first-order valence-corrected chi connectivity index (χ1v) is 12.3. The molecule has 4 rings (SSSR count). The summed E-state index contributed by atoms with van der Waals surface area (Å²) in [5.74, 6) is 0.927. The zero-order valence-corrected chi connectivity index (χ0v) is 19.4. The van der Waals surface area contributed by atoms with Crippen molar-refractivity contribution in [2.45, 2.75) is 37.8 Å². The van der Waals surface area contributed by atoms with Crippen molar-refractivity contribution in [3.05, 3.63) is 50.9 Å². The van der Waals surface area contributed by atoms with Crippen molar-refractivity contribution in [3.8, 4) is 5.75 Å². The van der Waals surface area contributed by atoms with Gasteiger partial charge in [0.25, 0.3) is 5.56 Å². The van der Waals surface area contributed by atoms with Gasteiger partial charge in [0.1, 0.15) is 18.2 Å². The van der Waals surface area contributed by atoms with E-state index in [1.54, 1.807) is 23.7 Å². The second-order valence-corrected chi connectivity index (χ2v) is 9.74. The molecule has 12 heteroatoms. The van der Waals surface area contributed by atoms with Crippen molar-refractivity contribution in [1.29, 1.82) is 0 Å². The van der Waals surface area contributed by atoms with Crippen LogP contribution in [0.3, 0.4) is 0 Å². The smallest absolute Gasteiger partial charge is 0.330 e. The third-order valence-corrected chi connectivity index (χ3v) is 7.55. The van der Waals surface area contributed by atoms with Gasteiger partial charge in [0.2, 0.25) is 10.0 Å². The van der Waals surface area contributed by atoms with Gasteiger partial charge in [-0.05, 0) is 30.7 Å². The van der Waals surface area contributed by atoms with Gasteiger partial charge in [-0.15, -0.1) is 0 Å². The molecule has 0 amide bonds. The van der Waals surface area contributed by atoms with Gasteiger partial charge in [0, 0.05) is 26.7 Å². The molecular weight excluding hydrogens is 450 g/mol. The van der Waals surface area contributed by atoms with Crippen molar-refractivity contribution in [1.82, 2.24) is 23.4 Å².